The zero-order valence-corrected chi connectivity index (χ0v) is 25.5. The van der Waals surface area contributed by atoms with Crippen molar-refractivity contribution in [1.29, 1.82) is 0 Å². The first-order valence-electron chi connectivity index (χ1n) is 14.7. The number of benzene rings is 3. The van der Waals surface area contributed by atoms with Gasteiger partial charge in [-0.2, -0.15) is 0 Å². The maximum absolute atomic E-state index is 16.1. The number of methoxy groups -OCH3 is 2. The molecule has 47 heavy (non-hydrogen) atoms. The number of H-pyrrole nitrogens is 1. The van der Waals surface area contributed by atoms with Crippen LogP contribution in [0.1, 0.15) is 35.8 Å². The molecular formula is C34H33FN2O10. The van der Waals surface area contributed by atoms with Crippen LogP contribution >= 0.6 is 0 Å². The minimum Gasteiger partial charge on any atom is -0.497 e. The number of carbonyl (C=O) groups excluding carboxylic acids is 1. The molecule has 4 atom stereocenters. The van der Waals surface area contributed by atoms with Gasteiger partial charge in [-0.05, 0) is 41.0 Å². The summed E-state index contributed by atoms with van der Waals surface area (Å²) in [5, 5.41) is 9.03. The molecule has 0 spiro atoms. The monoisotopic (exact) mass is 648 g/mol. The van der Waals surface area contributed by atoms with E-state index in [1.165, 1.54) is 0 Å². The maximum atomic E-state index is 16.1. The number of nitrogens with zero attached hydrogens (tertiary/aromatic N) is 1. The first-order chi connectivity index (χ1) is 22.7. The molecule has 1 unspecified atom stereocenters. The number of hydrogen-bond donors (Lipinski definition) is 2. The molecule has 0 radical (unpaired) electrons. The van der Waals surface area contributed by atoms with Gasteiger partial charge in [-0.25, -0.2) is 9.18 Å². The molecule has 4 aromatic rings. The summed E-state index contributed by atoms with van der Waals surface area (Å²) >= 11 is 0. The van der Waals surface area contributed by atoms with E-state index in [9.17, 15) is 19.2 Å². The van der Waals surface area contributed by atoms with E-state index in [1.807, 2.05) is 54.6 Å². The number of esters is 1. The van der Waals surface area contributed by atoms with Crippen LogP contribution < -0.4 is 20.7 Å². The molecule has 0 aliphatic carbocycles. The van der Waals surface area contributed by atoms with Crippen molar-refractivity contribution in [2.45, 2.75) is 43.1 Å². The quantitative estimate of drug-likeness (QED) is 0.162. The van der Waals surface area contributed by atoms with Crippen LogP contribution in [0.4, 0.5) is 4.39 Å². The lowest BCUT2D eigenvalue weighted by atomic mass is 9.80. The molecule has 3 aromatic carbocycles. The molecule has 12 nitrogen and oxygen atoms in total. The van der Waals surface area contributed by atoms with Crippen LogP contribution in [0.25, 0.3) is 0 Å². The van der Waals surface area contributed by atoms with Crippen LogP contribution in [0.3, 0.4) is 0 Å². The van der Waals surface area contributed by atoms with Crippen LogP contribution in [0.15, 0.2) is 101 Å². The smallest absolute Gasteiger partial charge is 0.330 e. The Bertz CT molecular complexity index is 1740. The number of hydrogen-bond acceptors (Lipinski definition) is 9. The topological polar surface area (TPSA) is 155 Å². The van der Waals surface area contributed by atoms with E-state index in [0.717, 1.165) is 16.8 Å². The van der Waals surface area contributed by atoms with Crippen molar-refractivity contribution >= 4 is 11.9 Å². The fraction of sp³-hybridized carbons (Fsp3) is 0.294. The average Bonchev–Trinajstić information content (AvgIpc) is 3.38. The number of aliphatic carboxylic acids is 1. The Balaban J connectivity index is 1.58. The first-order valence-corrected chi connectivity index (χ1v) is 14.7. The third-order valence-electron chi connectivity index (χ3n) is 7.84. The highest BCUT2D eigenvalue weighted by molar-refractivity contribution is 5.76. The van der Waals surface area contributed by atoms with Gasteiger partial charge in [0.2, 0.25) is 0 Å². The molecule has 246 valence electrons. The highest BCUT2D eigenvalue weighted by Crippen LogP contribution is 2.43. The Morgan fingerprint density at radius 3 is 1.98 bits per heavy atom. The third kappa shape index (κ3) is 7.11. The van der Waals surface area contributed by atoms with Gasteiger partial charge < -0.3 is 28.8 Å². The number of rotatable bonds is 13. The molecule has 2 N–H and O–H groups in total. The van der Waals surface area contributed by atoms with Crippen molar-refractivity contribution in [1.82, 2.24) is 9.55 Å². The van der Waals surface area contributed by atoms with Crippen molar-refractivity contribution in [3.8, 4) is 11.5 Å². The van der Waals surface area contributed by atoms with E-state index in [1.54, 1.807) is 38.5 Å². The number of carboxylic acid groups (broad SMARTS) is 1. The number of nitrogens with one attached hydrogen (secondary N) is 1. The number of aromatic nitrogens is 2. The van der Waals surface area contributed by atoms with Gasteiger partial charge in [-0.1, -0.05) is 54.6 Å². The largest absolute Gasteiger partial charge is 0.497 e. The van der Waals surface area contributed by atoms with Crippen molar-refractivity contribution in [2.24, 2.45) is 0 Å². The van der Waals surface area contributed by atoms with E-state index in [2.05, 4.69) is 4.98 Å². The van der Waals surface area contributed by atoms with E-state index in [4.69, 9.17) is 28.8 Å². The second-order valence-electron chi connectivity index (χ2n) is 10.7. The molecule has 0 amide bonds. The van der Waals surface area contributed by atoms with Crippen molar-refractivity contribution in [3.05, 3.63) is 129 Å². The van der Waals surface area contributed by atoms with Crippen molar-refractivity contribution in [3.63, 3.8) is 0 Å². The van der Waals surface area contributed by atoms with E-state index in [-0.39, 0.29) is 6.61 Å². The average molecular weight is 649 g/mol. The summed E-state index contributed by atoms with van der Waals surface area (Å²) in [5.41, 5.74) is -0.908. The Hall–Kier alpha value is -5.27. The molecule has 1 aromatic heterocycles. The van der Waals surface area contributed by atoms with Crippen LogP contribution in [0.2, 0.25) is 0 Å². The molecule has 0 bridgehead atoms. The Morgan fingerprint density at radius 1 is 0.872 bits per heavy atom. The predicted octanol–water partition coefficient (Wildman–Crippen LogP) is 3.57. The summed E-state index contributed by atoms with van der Waals surface area (Å²) < 4.78 is 46.0. The lowest BCUT2D eigenvalue weighted by Gasteiger charge is -2.37. The molecule has 2 heterocycles. The zero-order valence-electron chi connectivity index (χ0n) is 25.5. The van der Waals surface area contributed by atoms with Gasteiger partial charge in [0.25, 0.3) is 5.56 Å². The third-order valence-corrected chi connectivity index (χ3v) is 7.84. The van der Waals surface area contributed by atoms with Gasteiger partial charge in [0, 0.05) is 12.3 Å². The van der Waals surface area contributed by atoms with Gasteiger partial charge in [-0.15, -0.1) is 0 Å². The van der Waals surface area contributed by atoms with Crippen molar-refractivity contribution in [2.75, 3.05) is 20.8 Å². The van der Waals surface area contributed by atoms with Gasteiger partial charge >= 0.3 is 17.6 Å². The number of ether oxygens (including phenoxy) is 5. The second kappa shape index (κ2) is 14.4. The lowest BCUT2D eigenvalue weighted by molar-refractivity contribution is -0.159. The summed E-state index contributed by atoms with van der Waals surface area (Å²) in [4.78, 5) is 50.0. The van der Waals surface area contributed by atoms with Gasteiger partial charge in [0.1, 0.15) is 23.2 Å². The minimum absolute atomic E-state index is 0.362. The predicted molar refractivity (Wildman–Crippen MR) is 165 cm³/mol. The second-order valence-corrected chi connectivity index (χ2v) is 10.7. The number of alkyl halides is 1. The zero-order chi connectivity index (χ0) is 33.6. The van der Waals surface area contributed by atoms with Crippen LogP contribution in [0.5, 0.6) is 11.5 Å². The fourth-order valence-electron chi connectivity index (χ4n) is 5.52. The number of aromatic amines is 1. The van der Waals surface area contributed by atoms with Crippen molar-refractivity contribution < 1.29 is 42.8 Å². The minimum atomic E-state index is -2.09. The number of halogens is 1. The summed E-state index contributed by atoms with van der Waals surface area (Å²) in [5.74, 6) is -0.993. The van der Waals surface area contributed by atoms with Crippen LogP contribution in [0, 0.1) is 0 Å². The standard InChI is InChI=1S/C34H33FN2O10/c1-43-24-12-8-22(9-13-24)34(21-6-4-3-5-7-21,23-10-14-25(44-2)15-11-23)45-20-26-31(47-29(41)17-16-28(39)40)30(35)32(46-26)37-19-18-27(38)36-33(37)42/h3-15,18-19,26,30-32H,16-17,20H2,1-2H3,(H,39,40)(H,36,38,42)/t26-,30?,31+,32-/m1/s1. The molecule has 1 aliphatic rings. The highest BCUT2D eigenvalue weighted by atomic mass is 19.1. The first kappa shape index (κ1) is 33.1. The van der Waals surface area contributed by atoms with Crippen LogP contribution in [-0.2, 0) is 29.4 Å². The molecule has 0 saturated carbocycles. The van der Waals surface area contributed by atoms with Crippen LogP contribution in [-0.4, -0.2) is 65.8 Å². The number of carboxylic acids is 1. The van der Waals surface area contributed by atoms with E-state index in [0.29, 0.717) is 28.2 Å². The SMILES string of the molecule is COc1ccc(C(OC[C@H]2O[C@@H](n3ccc(=O)[nH]c3=O)C(F)[C@H]2OC(=O)CCC(=O)O)(c2ccccc2)c2ccc(OC)cc2)cc1. The molecule has 5 rings (SSSR count). The highest BCUT2D eigenvalue weighted by Gasteiger charge is 2.50. The molecule has 1 saturated heterocycles. The Kier molecular flexibility index (Phi) is 10.2. The summed E-state index contributed by atoms with van der Waals surface area (Å²) in [6.07, 6.45) is -6.52. The van der Waals surface area contributed by atoms with E-state index >= 15 is 4.39 Å². The molecule has 1 fully saturated rings. The normalized spacial score (nSPS) is 19.2. The van der Waals surface area contributed by atoms with Gasteiger partial charge in [0.05, 0.1) is 33.7 Å². The lowest BCUT2D eigenvalue weighted by Crippen LogP contribution is -2.41. The Labute approximate surface area is 268 Å². The molecule has 13 heteroatoms. The van der Waals surface area contributed by atoms with E-state index < -0.39 is 66.2 Å². The molecular weight excluding hydrogens is 615 g/mol. The maximum Gasteiger partial charge on any atom is 0.330 e. The van der Waals surface area contributed by atoms with Gasteiger partial charge in [-0.3, -0.25) is 23.9 Å². The molecule has 1 aliphatic heterocycles. The number of carbonyl (C=O) groups is 2. The Morgan fingerprint density at radius 2 is 1.45 bits per heavy atom. The summed E-state index contributed by atoms with van der Waals surface area (Å²) in [6.45, 7) is -0.362. The summed E-state index contributed by atoms with van der Waals surface area (Å²) in [6, 6.07) is 24.7. The fourth-order valence-corrected chi connectivity index (χ4v) is 5.52. The summed E-state index contributed by atoms with van der Waals surface area (Å²) in [7, 11) is 3.10. The van der Waals surface area contributed by atoms with Gasteiger partial charge in [0.15, 0.2) is 18.5 Å².